The monoisotopic (exact) mass is 646 g/mol. The van der Waals surface area contributed by atoms with Gasteiger partial charge in [-0.1, -0.05) is 141 Å². The molecule has 0 bridgehead atoms. The standard InChI is InChI=1S/C46H34N2S/c1-46(2)39-16-7-6-13-35(39)37-27-31(23-25-40(37)46)32-24-26-42-38(28-32)36-15-10-14-34(44(36)48(42)33-11-4-3-5-12-33)29-19-21-30(22-20-29)45-47-41-17-8-9-18-43(41)49-45/h3-28,45,47H,1-2H3. The third kappa shape index (κ3) is 4.35. The van der Waals surface area contributed by atoms with Crippen molar-refractivity contribution in [1.29, 1.82) is 0 Å². The maximum absolute atomic E-state index is 3.69. The fourth-order valence-corrected chi connectivity index (χ4v) is 9.35. The molecule has 0 saturated carbocycles. The minimum Gasteiger partial charge on any atom is -0.368 e. The van der Waals surface area contributed by atoms with Crippen molar-refractivity contribution in [2.45, 2.75) is 29.5 Å². The Kier molecular flexibility index (Phi) is 6.25. The van der Waals surface area contributed by atoms with Crippen LogP contribution in [0, 0.1) is 0 Å². The van der Waals surface area contributed by atoms with E-state index >= 15 is 0 Å². The zero-order valence-electron chi connectivity index (χ0n) is 27.4. The number of rotatable bonds is 4. The van der Waals surface area contributed by atoms with Crippen molar-refractivity contribution in [3.8, 4) is 39.1 Å². The lowest BCUT2D eigenvalue weighted by atomic mass is 9.82. The van der Waals surface area contributed by atoms with Crippen LogP contribution in [0.5, 0.6) is 0 Å². The van der Waals surface area contributed by atoms with Crippen molar-refractivity contribution in [2.75, 3.05) is 5.32 Å². The number of hydrogen-bond acceptors (Lipinski definition) is 2. The van der Waals surface area contributed by atoms with Gasteiger partial charge < -0.3 is 9.88 Å². The molecule has 2 aliphatic rings. The van der Waals surface area contributed by atoms with Crippen molar-refractivity contribution in [3.63, 3.8) is 0 Å². The molecule has 8 aromatic rings. The summed E-state index contributed by atoms with van der Waals surface area (Å²) in [7, 11) is 0. The van der Waals surface area contributed by atoms with Crippen molar-refractivity contribution in [1.82, 2.24) is 4.57 Å². The number of benzene rings is 7. The second-order valence-electron chi connectivity index (χ2n) is 13.8. The second kappa shape index (κ2) is 10.7. The number of aromatic nitrogens is 1. The molecule has 1 aliphatic carbocycles. The summed E-state index contributed by atoms with van der Waals surface area (Å²) in [6.45, 7) is 4.69. The average Bonchev–Trinajstić information content (AvgIpc) is 3.80. The number of fused-ring (bicyclic) bond motifs is 7. The van der Waals surface area contributed by atoms with Crippen molar-refractivity contribution in [2.24, 2.45) is 0 Å². The van der Waals surface area contributed by atoms with Crippen LogP contribution in [0.4, 0.5) is 5.69 Å². The summed E-state index contributed by atoms with van der Waals surface area (Å²) < 4.78 is 2.45. The zero-order chi connectivity index (χ0) is 32.7. The van der Waals surface area contributed by atoms with Crippen LogP contribution in [0.15, 0.2) is 163 Å². The molecule has 1 aliphatic heterocycles. The van der Waals surface area contributed by atoms with Gasteiger partial charge in [-0.05, 0) is 87.0 Å². The van der Waals surface area contributed by atoms with E-state index in [2.05, 4.69) is 181 Å². The number of thioether (sulfide) groups is 1. The molecule has 1 atom stereocenters. The highest BCUT2D eigenvalue weighted by Gasteiger charge is 2.35. The molecule has 0 radical (unpaired) electrons. The molecule has 0 fully saturated rings. The van der Waals surface area contributed by atoms with Crippen molar-refractivity contribution >= 4 is 39.3 Å². The van der Waals surface area contributed by atoms with Crippen LogP contribution in [0.3, 0.4) is 0 Å². The van der Waals surface area contributed by atoms with Crippen LogP contribution in [0.1, 0.15) is 35.9 Å². The van der Waals surface area contributed by atoms with Crippen molar-refractivity contribution in [3.05, 3.63) is 174 Å². The predicted octanol–water partition coefficient (Wildman–Crippen LogP) is 12.6. The van der Waals surface area contributed by atoms with Gasteiger partial charge in [-0.3, -0.25) is 0 Å². The molecular formula is C46H34N2S. The van der Waals surface area contributed by atoms with Gasteiger partial charge in [-0.25, -0.2) is 0 Å². The van der Waals surface area contributed by atoms with Crippen LogP contribution in [-0.4, -0.2) is 4.57 Å². The molecule has 234 valence electrons. The minimum absolute atomic E-state index is 0.00354. The molecule has 1 N–H and O–H groups in total. The van der Waals surface area contributed by atoms with Gasteiger partial charge in [0.2, 0.25) is 0 Å². The lowest BCUT2D eigenvalue weighted by Crippen LogP contribution is -2.14. The van der Waals surface area contributed by atoms with Crippen LogP contribution in [0.2, 0.25) is 0 Å². The summed E-state index contributed by atoms with van der Waals surface area (Å²) in [5, 5.41) is 6.43. The van der Waals surface area contributed by atoms with Gasteiger partial charge in [0, 0.05) is 38.0 Å². The van der Waals surface area contributed by atoms with Crippen LogP contribution in [0.25, 0.3) is 60.9 Å². The highest BCUT2D eigenvalue weighted by Crippen LogP contribution is 2.50. The molecule has 0 saturated heterocycles. The molecular weight excluding hydrogens is 613 g/mol. The number of nitrogens with zero attached hydrogens (tertiary/aromatic N) is 1. The summed E-state index contributed by atoms with van der Waals surface area (Å²) in [6, 6.07) is 58.2. The summed E-state index contributed by atoms with van der Waals surface area (Å²) in [4.78, 5) is 1.31. The van der Waals surface area contributed by atoms with E-state index in [1.54, 1.807) is 0 Å². The van der Waals surface area contributed by atoms with Gasteiger partial charge in [0.25, 0.3) is 0 Å². The van der Waals surface area contributed by atoms with Crippen LogP contribution in [-0.2, 0) is 5.41 Å². The highest BCUT2D eigenvalue weighted by molar-refractivity contribution is 8.00. The second-order valence-corrected chi connectivity index (χ2v) is 14.9. The summed E-state index contributed by atoms with van der Waals surface area (Å²) in [5.74, 6) is 0. The first kappa shape index (κ1) is 28.5. The molecule has 0 spiro atoms. The SMILES string of the molecule is CC1(C)c2ccccc2-c2cc(-c3ccc4c(c3)c3cccc(-c5ccc(C6Nc7ccccc7S6)cc5)c3n4-c3ccccc3)ccc21. The minimum atomic E-state index is 0.00354. The summed E-state index contributed by atoms with van der Waals surface area (Å²) in [5.41, 5.74) is 16.6. The maximum atomic E-state index is 3.69. The lowest BCUT2D eigenvalue weighted by molar-refractivity contribution is 0.660. The molecule has 2 nitrogen and oxygen atoms in total. The first-order valence-electron chi connectivity index (χ1n) is 17.0. The van der Waals surface area contributed by atoms with E-state index in [0.29, 0.717) is 0 Å². The quantitative estimate of drug-likeness (QED) is 0.205. The molecule has 49 heavy (non-hydrogen) atoms. The highest BCUT2D eigenvalue weighted by atomic mass is 32.2. The average molecular weight is 647 g/mol. The van der Waals surface area contributed by atoms with E-state index in [0.717, 1.165) is 0 Å². The molecule has 1 unspecified atom stereocenters. The number of para-hydroxylation sites is 3. The Hall–Kier alpha value is -5.51. The van der Waals surface area contributed by atoms with Gasteiger partial charge in [-0.15, -0.1) is 0 Å². The first-order chi connectivity index (χ1) is 24.0. The van der Waals surface area contributed by atoms with E-state index < -0.39 is 0 Å². The summed E-state index contributed by atoms with van der Waals surface area (Å²) >= 11 is 1.88. The van der Waals surface area contributed by atoms with Crippen LogP contribution < -0.4 is 5.32 Å². The third-order valence-corrected chi connectivity index (χ3v) is 11.9. The van der Waals surface area contributed by atoms with Gasteiger partial charge in [-0.2, -0.15) is 0 Å². The summed E-state index contributed by atoms with van der Waals surface area (Å²) in [6.07, 6.45) is 0. The Morgan fingerprint density at radius 2 is 1.24 bits per heavy atom. The normalized spacial score (nSPS) is 15.6. The largest absolute Gasteiger partial charge is 0.368 e. The topological polar surface area (TPSA) is 17.0 Å². The molecule has 7 aromatic carbocycles. The fraction of sp³-hybridized carbons (Fsp3) is 0.0870. The smallest absolute Gasteiger partial charge is 0.103 e. The van der Waals surface area contributed by atoms with E-state index in [1.807, 2.05) is 11.8 Å². The number of nitrogens with one attached hydrogen (secondary N) is 1. The maximum Gasteiger partial charge on any atom is 0.103 e. The first-order valence-corrected chi connectivity index (χ1v) is 17.9. The Labute approximate surface area is 291 Å². The Bertz CT molecular complexity index is 2550. The van der Waals surface area contributed by atoms with E-state index in [-0.39, 0.29) is 10.8 Å². The Balaban J connectivity index is 1.11. The van der Waals surface area contributed by atoms with Gasteiger partial charge in [0.15, 0.2) is 0 Å². The molecule has 3 heteroatoms. The Morgan fingerprint density at radius 3 is 2.10 bits per heavy atom. The van der Waals surface area contributed by atoms with E-state index in [9.17, 15) is 0 Å². The zero-order valence-corrected chi connectivity index (χ0v) is 28.3. The molecule has 2 heterocycles. The van der Waals surface area contributed by atoms with Crippen LogP contribution >= 0.6 is 11.8 Å². The fourth-order valence-electron chi connectivity index (χ4n) is 8.20. The van der Waals surface area contributed by atoms with Gasteiger partial charge >= 0.3 is 0 Å². The predicted molar refractivity (Wildman–Crippen MR) is 208 cm³/mol. The molecule has 10 rings (SSSR count). The van der Waals surface area contributed by atoms with E-state index in [4.69, 9.17) is 0 Å². The Morgan fingerprint density at radius 1 is 0.551 bits per heavy atom. The number of hydrogen-bond donors (Lipinski definition) is 1. The molecule has 1 aromatic heterocycles. The van der Waals surface area contributed by atoms with Crippen molar-refractivity contribution < 1.29 is 0 Å². The third-order valence-electron chi connectivity index (χ3n) is 10.7. The molecule has 0 amide bonds. The number of anilines is 1. The van der Waals surface area contributed by atoms with Gasteiger partial charge in [0.05, 0.1) is 11.0 Å². The lowest BCUT2D eigenvalue weighted by Gasteiger charge is -2.21. The van der Waals surface area contributed by atoms with E-state index in [1.165, 1.54) is 88.1 Å². The van der Waals surface area contributed by atoms with Gasteiger partial charge in [0.1, 0.15) is 5.37 Å².